The largest absolute Gasteiger partial charge is 0.380 e. The fourth-order valence-electron chi connectivity index (χ4n) is 3.66. The molecular weight excluding hydrogens is 462 g/mol. The second-order valence-corrected chi connectivity index (χ2v) is 8.21. The molecule has 1 aromatic carbocycles. The van der Waals surface area contributed by atoms with E-state index in [1.54, 1.807) is 4.68 Å². The van der Waals surface area contributed by atoms with Gasteiger partial charge in [0.05, 0.1) is 24.2 Å². The van der Waals surface area contributed by atoms with Gasteiger partial charge in [-0.25, -0.2) is 4.98 Å². The fraction of sp³-hybridized carbons (Fsp3) is 0.429. The van der Waals surface area contributed by atoms with E-state index in [9.17, 15) is 4.79 Å². The predicted octanol–water partition coefficient (Wildman–Crippen LogP) is 2.73. The van der Waals surface area contributed by atoms with E-state index >= 15 is 0 Å². The topological polar surface area (TPSA) is 106 Å². The van der Waals surface area contributed by atoms with Crippen molar-refractivity contribution in [1.82, 2.24) is 25.1 Å². The maximum atomic E-state index is 13.0. The van der Waals surface area contributed by atoms with Crippen LogP contribution in [-0.4, -0.2) is 59.0 Å². The number of ether oxygens (including phenoxy) is 1. The number of nitrogens with zero attached hydrogens (tertiary/aromatic N) is 4. The first-order valence-electron chi connectivity index (χ1n) is 10.4. The molecule has 1 atom stereocenters. The van der Waals surface area contributed by atoms with Crippen LogP contribution in [0.15, 0.2) is 28.9 Å². The molecule has 2 aromatic heterocycles. The van der Waals surface area contributed by atoms with Crippen LogP contribution in [0.2, 0.25) is 0 Å². The molecule has 31 heavy (non-hydrogen) atoms. The Bertz CT molecular complexity index is 1090. The minimum Gasteiger partial charge on any atom is -0.380 e. The third kappa shape index (κ3) is 4.70. The van der Waals surface area contributed by atoms with Gasteiger partial charge in [0.15, 0.2) is 5.65 Å². The molecule has 3 N–H and O–H groups in total. The van der Waals surface area contributed by atoms with Crippen LogP contribution in [0.1, 0.15) is 30.5 Å². The highest BCUT2D eigenvalue weighted by molar-refractivity contribution is 9.10. The summed E-state index contributed by atoms with van der Waals surface area (Å²) in [6.45, 7) is 5.38. The van der Waals surface area contributed by atoms with Gasteiger partial charge in [-0.15, -0.1) is 0 Å². The molecule has 4 rings (SSSR count). The first-order chi connectivity index (χ1) is 15.1. The van der Waals surface area contributed by atoms with Crippen LogP contribution in [0.4, 0.5) is 11.6 Å². The lowest BCUT2D eigenvalue weighted by atomic mass is 9.95. The molecule has 9 nitrogen and oxygen atoms in total. The Morgan fingerprint density at radius 1 is 1.29 bits per heavy atom. The second kappa shape index (κ2) is 9.71. The first kappa shape index (κ1) is 21.7. The lowest BCUT2D eigenvalue weighted by Crippen LogP contribution is -2.17. The van der Waals surface area contributed by atoms with E-state index < -0.39 is 5.92 Å². The number of rotatable bonds is 10. The maximum Gasteiger partial charge on any atom is 0.238 e. The standard InChI is InChI=1S/C21H26BrN7O2/c1-3-31-10-9-29-12-15-18(17-14-11-13(22)5-6-16(14)25-20(17)30)26-21(27-19(15)28-29)24-8-4-7-23-2/h5-6,11-12,17,23H,3-4,7-10H2,1-2H3,(H,25,30)(H,24,27,28). The highest BCUT2D eigenvalue weighted by atomic mass is 79.9. The Labute approximate surface area is 189 Å². The normalized spacial score (nSPS) is 15.3. The molecule has 3 aromatic rings. The number of amides is 1. The van der Waals surface area contributed by atoms with Crippen molar-refractivity contribution in [1.29, 1.82) is 0 Å². The van der Waals surface area contributed by atoms with Crippen molar-refractivity contribution in [2.24, 2.45) is 0 Å². The molecule has 3 heterocycles. The van der Waals surface area contributed by atoms with E-state index in [-0.39, 0.29) is 5.91 Å². The van der Waals surface area contributed by atoms with Crippen LogP contribution in [-0.2, 0) is 16.1 Å². The number of fused-ring (bicyclic) bond motifs is 2. The van der Waals surface area contributed by atoms with Crippen LogP contribution in [0.5, 0.6) is 0 Å². The first-order valence-corrected chi connectivity index (χ1v) is 11.2. The third-order valence-electron chi connectivity index (χ3n) is 5.13. The monoisotopic (exact) mass is 487 g/mol. The molecule has 0 spiro atoms. The second-order valence-electron chi connectivity index (χ2n) is 7.30. The van der Waals surface area contributed by atoms with E-state index in [1.165, 1.54) is 0 Å². The van der Waals surface area contributed by atoms with Gasteiger partial charge in [0, 0.05) is 29.5 Å². The van der Waals surface area contributed by atoms with Crippen molar-refractivity contribution in [3.05, 3.63) is 40.1 Å². The van der Waals surface area contributed by atoms with Crippen molar-refractivity contribution >= 4 is 44.5 Å². The van der Waals surface area contributed by atoms with Gasteiger partial charge in [-0.2, -0.15) is 10.1 Å². The average molecular weight is 488 g/mol. The number of carbonyl (C=O) groups is 1. The van der Waals surface area contributed by atoms with Crippen molar-refractivity contribution in [3.63, 3.8) is 0 Å². The summed E-state index contributed by atoms with van der Waals surface area (Å²) in [6.07, 6.45) is 2.83. The Kier molecular flexibility index (Phi) is 6.79. The van der Waals surface area contributed by atoms with Gasteiger partial charge in [0.1, 0.15) is 5.92 Å². The van der Waals surface area contributed by atoms with Crippen LogP contribution >= 0.6 is 15.9 Å². The summed E-state index contributed by atoms with van der Waals surface area (Å²) in [4.78, 5) is 22.3. The number of hydrogen-bond donors (Lipinski definition) is 3. The van der Waals surface area contributed by atoms with Crippen molar-refractivity contribution < 1.29 is 9.53 Å². The Balaban J connectivity index is 1.74. The number of anilines is 2. The Morgan fingerprint density at radius 3 is 2.97 bits per heavy atom. The fourth-order valence-corrected chi connectivity index (χ4v) is 4.04. The molecular formula is C21H26BrN7O2. The quantitative estimate of drug-likeness (QED) is 0.377. The lowest BCUT2D eigenvalue weighted by molar-refractivity contribution is -0.116. The molecule has 0 aliphatic carbocycles. The van der Waals surface area contributed by atoms with E-state index in [2.05, 4.69) is 42.0 Å². The van der Waals surface area contributed by atoms with E-state index in [1.807, 2.05) is 38.4 Å². The molecule has 0 bridgehead atoms. The smallest absolute Gasteiger partial charge is 0.238 e. The molecule has 0 fully saturated rings. The van der Waals surface area contributed by atoms with Gasteiger partial charge >= 0.3 is 0 Å². The zero-order chi connectivity index (χ0) is 21.8. The molecule has 0 saturated carbocycles. The molecule has 1 aliphatic rings. The van der Waals surface area contributed by atoms with Gasteiger partial charge < -0.3 is 20.7 Å². The van der Waals surface area contributed by atoms with Gasteiger partial charge in [0.2, 0.25) is 11.9 Å². The van der Waals surface area contributed by atoms with Crippen LogP contribution in [0, 0.1) is 0 Å². The zero-order valence-electron chi connectivity index (χ0n) is 17.6. The molecule has 1 aliphatic heterocycles. The molecule has 1 unspecified atom stereocenters. The maximum absolute atomic E-state index is 13.0. The highest BCUT2D eigenvalue weighted by Gasteiger charge is 2.35. The number of halogens is 1. The van der Waals surface area contributed by atoms with Gasteiger partial charge in [0.25, 0.3) is 0 Å². The average Bonchev–Trinajstić information content (AvgIpc) is 3.30. The summed E-state index contributed by atoms with van der Waals surface area (Å²) < 4.78 is 8.17. The minimum absolute atomic E-state index is 0.101. The third-order valence-corrected chi connectivity index (χ3v) is 5.62. The van der Waals surface area contributed by atoms with Crippen molar-refractivity contribution in [3.8, 4) is 0 Å². The van der Waals surface area contributed by atoms with Gasteiger partial charge in [-0.05, 0) is 50.7 Å². The Hall–Kier alpha value is -2.56. The SMILES string of the molecule is CCOCCn1cc2c(C3C(=O)Nc4ccc(Br)cc43)nc(NCCCNC)nc2n1. The molecule has 10 heteroatoms. The van der Waals surface area contributed by atoms with Crippen LogP contribution < -0.4 is 16.0 Å². The minimum atomic E-state index is -0.527. The summed E-state index contributed by atoms with van der Waals surface area (Å²) in [6, 6.07) is 5.78. The van der Waals surface area contributed by atoms with E-state index in [0.29, 0.717) is 37.0 Å². The predicted molar refractivity (Wildman–Crippen MR) is 123 cm³/mol. The summed E-state index contributed by atoms with van der Waals surface area (Å²) in [5.74, 6) is -0.151. The zero-order valence-corrected chi connectivity index (χ0v) is 19.2. The van der Waals surface area contributed by atoms with Crippen LogP contribution in [0.3, 0.4) is 0 Å². The number of hydrogen-bond acceptors (Lipinski definition) is 7. The van der Waals surface area contributed by atoms with Crippen molar-refractivity contribution in [2.75, 3.05) is 44.0 Å². The molecule has 1 amide bonds. The molecule has 164 valence electrons. The van der Waals surface area contributed by atoms with Crippen LogP contribution in [0.25, 0.3) is 11.0 Å². The lowest BCUT2D eigenvalue weighted by Gasteiger charge is -2.12. The van der Waals surface area contributed by atoms with E-state index in [0.717, 1.165) is 40.6 Å². The summed E-state index contributed by atoms with van der Waals surface area (Å²) in [7, 11) is 1.92. The van der Waals surface area contributed by atoms with E-state index in [4.69, 9.17) is 9.72 Å². The highest BCUT2D eigenvalue weighted by Crippen LogP contribution is 2.40. The van der Waals surface area contributed by atoms with Gasteiger partial charge in [-0.3, -0.25) is 9.48 Å². The molecule has 0 radical (unpaired) electrons. The number of carbonyl (C=O) groups excluding carboxylic acids is 1. The number of nitrogens with one attached hydrogen (secondary N) is 3. The Morgan fingerprint density at radius 2 is 2.16 bits per heavy atom. The summed E-state index contributed by atoms with van der Waals surface area (Å²) >= 11 is 3.52. The number of benzene rings is 1. The van der Waals surface area contributed by atoms with Gasteiger partial charge in [-0.1, -0.05) is 15.9 Å². The summed E-state index contributed by atoms with van der Waals surface area (Å²) in [5.41, 5.74) is 2.91. The van der Waals surface area contributed by atoms with Crippen molar-refractivity contribution in [2.45, 2.75) is 25.8 Å². The number of aromatic nitrogens is 4. The molecule has 0 saturated heterocycles. The summed E-state index contributed by atoms with van der Waals surface area (Å²) in [5, 5.41) is 14.7.